The normalized spacial score (nSPS) is 10.6. The molecule has 182 valence electrons. The minimum atomic E-state index is 0.367. The summed E-state index contributed by atoms with van der Waals surface area (Å²) in [5, 5.41) is 23.3. The van der Waals surface area contributed by atoms with Gasteiger partial charge in [-0.1, -0.05) is 97.1 Å². The summed E-state index contributed by atoms with van der Waals surface area (Å²) in [5.41, 5.74) is 5.67. The van der Waals surface area contributed by atoms with Crippen LogP contribution in [0.2, 0.25) is 0 Å². The highest BCUT2D eigenvalue weighted by Crippen LogP contribution is 2.29. The van der Waals surface area contributed by atoms with Gasteiger partial charge in [-0.2, -0.15) is 0 Å². The largest absolute Gasteiger partial charge is 0.456 e. The van der Waals surface area contributed by atoms with Crippen LogP contribution in [0.3, 0.4) is 0 Å². The average Bonchev–Trinajstić information content (AvgIpc) is 3.46. The molecule has 0 spiro atoms. The topological polar surface area (TPSA) is 84.9 Å². The maximum absolute atomic E-state index is 8.46. The van der Waals surface area contributed by atoms with Crippen LogP contribution in [-0.2, 0) is 13.1 Å². The molecule has 0 atom stereocenters. The number of rotatable bonds is 8. The molecule has 5 aromatic rings. The van der Waals surface area contributed by atoms with E-state index in [0.717, 1.165) is 44.9 Å². The van der Waals surface area contributed by atoms with E-state index in [2.05, 4.69) is 10.6 Å². The molecule has 0 aliphatic rings. The molecule has 0 fully saturated rings. The quantitative estimate of drug-likeness (QED) is 0.144. The van der Waals surface area contributed by atoms with E-state index >= 15 is 0 Å². The van der Waals surface area contributed by atoms with E-state index in [9.17, 15) is 0 Å². The van der Waals surface area contributed by atoms with Crippen molar-refractivity contribution in [3.63, 3.8) is 0 Å². The van der Waals surface area contributed by atoms with Gasteiger partial charge in [-0.25, -0.2) is 0 Å². The molecule has 0 saturated carbocycles. The number of hydrogen-bond donors (Lipinski definition) is 4. The molecule has 0 aliphatic carbocycles. The molecule has 1 aromatic heterocycles. The van der Waals surface area contributed by atoms with Gasteiger partial charge in [-0.3, -0.25) is 10.8 Å². The Balaban J connectivity index is 1.27. The van der Waals surface area contributed by atoms with Crippen molar-refractivity contribution in [2.24, 2.45) is 0 Å². The van der Waals surface area contributed by atoms with Crippen molar-refractivity contribution >= 4 is 11.7 Å². The van der Waals surface area contributed by atoms with Gasteiger partial charge < -0.3 is 15.1 Å². The molecule has 5 heteroatoms. The van der Waals surface area contributed by atoms with E-state index in [4.69, 9.17) is 15.2 Å². The molecular formula is C32H28N4O. The zero-order valence-electron chi connectivity index (χ0n) is 20.4. The molecule has 0 aliphatic heterocycles. The van der Waals surface area contributed by atoms with Gasteiger partial charge in [-0.05, 0) is 35.4 Å². The molecule has 1 heterocycles. The zero-order valence-corrected chi connectivity index (χ0v) is 20.4. The summed E-state index contributed by atoms with van der Waals surface area (Å²) in [7, 11) is 0. The van der Waals surface area contributed by atoms with Gasteiger partial charge in [0.25, 0.3) is 0 Å². The first-order valence-electron chi connectivity index (χ1n) is 12.2. The van der Waals surface area contributed by atoms with Gasteiger partial charge >= 0.3 is 0 Å². The fourth-order valence-corrected chi connectivity index (χ4v) is 4.08. The summed E-state index contributed by atoms with van der Waals surface area (Å²) in [6.45, 7) is 1.20. The third-order valence-electron chi connectivity index (χ3n) is 6.10. The number of hydrogen-bond acceptors (Lipinski definition) is 3. The highest BCUT2D eigenvalue weighted by Gasteiger charge is 2.11. The lowest BCUT2D eigenvalue weighted by molar-refractivity contribution is 0.597. The number of nitrogens with one attached hydrogen (secondary N) is 4. The summed E-state index contributed by atoms with van der Waals surface area (Å²) in [6.07, 6.45) is 0. The lowest BCUT2D eigenvalue weighted by Crippen LogP contribution is -2.22. The number of amidine groups is 2. The smallest absolute Gasteiger partial charge is 0.134 e. The Kier molecular flexibility index (Phi) is 7.23. The first-order valence-corrected chi connectivity index (χ1v) is 12.2. The average molecular weight is 485 g/mol. The first kappa shape index (κ1) is 23.8. The molecule has 4 aromatic carbocycles. The number of benzene rings is 4. The molecule has 5 rings (SSSR count). The van der Waals surface area contributed by atoms with Crippen molar-refractivity contribution in [1.82, 2.24) is 10.6 Å². The highest BCUT2D eigenvalue weighted by atomic mass is 16.3. The van der Waals surface area contributed by atoms with Crippen LogP contribution >= 0.6 is 0 Å². The van der Waals surface area contributed by atoms with Crippen molar-refractivity contribution < 1.29 is 4.42 Å². The van der Waals surface area contributed by atoms with Crippen molar-refractivity contribution in [1.29, 1.82) is 10.8 Å². The molecule has 0 unspecified atom stereocenters. The monoisotopic (exact) mass is 484 g/mol. The lowest BCUT2D eigenvalue weighted by atomic mass is 10.1. The van der Waals surface area contributed by atoms with Gasteiger partial charge in [0.1, 0.15) is 23.2 Å². The maximum atomic E-state index is 8.46. The molecule has 0 amide bonds. The van der Waals surface area contributed by atoms with Crippen LogP contribution in [0.25, 0.3) is 22.6 Å². The maximum Gasteiger partial charge on any atom is 0.134 e. The standard InChI is InChI=1S/C32H28N4O/c33-31(35-21-23-9-3-1-4-10-23)27-15-7-13-25(19-27)29-17-18-30(37-29)26-14-8-16-28(20-26)32(34)36-22-24-11-5-2-6-12-24/h1-20H,21-22H2,(H2,33,35)(H2,34,36). The van der Waals surface area contributed by atoms with E-state index in [1.807, 2.05) is 121 Å². The SMILES string of the molecule is N=C(NCc1ccccc1)c1cccc(-c2ccc(-c3cccc(C(=N)NCc4ccccc4)c3)o2)c1. The Bertz CT molecular complexity index is 1390. The Morgan fingerprint density at radius 1 is 0.514 bits per heavy atom. The third-order valence-corrected chi connectivity index (χ3v) is 6.10. The second-order valence-electron chi connectivity index (χ2n) is 8.75. The minimum absolute atomic E-state index is 0.367. The third kappa shape index (κ3) is 6.03. The van der Waals surface area contributed by atoms with Crippen molar-refractivity contribution in [3.05, 3.63) is 144 Å². The predicted octanol–water partition coefficient (Wildman–Crippen LogP) is 6.84. The second kappa shape index (κ2) is 11.2. The Hall–Kier alpha value is -4.90. The van der Waals surface area contributed by atoms with Crippen LogP contribution in [0.1, 0.15) is 22.3 Å². The molecular weight excluding hydrogens is 456 g/mol. The molecule has 0 radical (unpaired) electrons. The van der Waals surface area contributed by atoms with E-state index in [-0.39, 0.29) is 0 Å². The second-order valence-corrected chi connectivity index (χ2v) is 8.75. The predicted molar refractivity (Wildman–Crippen MR) is 150 cm³/mol. The van der Waals surface area contributed by atoms with Crippen LogP contribution in [0.5, 0.6) is 0 Å². The Morgan fingerprint density at radius 2 is 0.946 bits per heavy atom. The number of furan rings is 1. The van der Waals surface area contributed by atoms with Gasteiger partial charge in [0.15, 0.2) is 0 Å². The molecule has 0 saturated heterocycles. The van der Waals surface area contributed by atoms with E-state index in [0.29, 0.717) is 24.8 Å². The van der Waals surface area contributed by atoms with Crippen LogP contribution < -0.4 is 10.6 Å². The van der Waals surface area contributed by atoms with Crippen LogP contribution in [-0.4, -0.2) is 11.7 Å². The summed E-state index contributed by atoms with van der Waals surface area (Å²) < 4.78 is 6.20. The van der Waals surface area contributed by atoms with E-state index in [1.165, 1.54) is 0 Å². The molecule has 5 nitrogen and oxygen atoms in total. The van der Waals surface area contributed by atoms with Crippen molar-refractivity contribution in [2.75, 3.05) is 0 Å². The fourth-order valence-electron chi connectivity index (χ4n) is 4.08. The minimum Gasteiger partial charge on any atom is -0.456 e. The van der Waals surface area contributed by atoms with E-state index in [1.54, 1.807) is 0 Å². The Morgan fingerprint density at radius 3 is 1.38 bits per heavy atom. The fraction of sp³-hybridized carbons (Fsp3) is 0.0625. The van der Waals surface area contributed by atoms with E-state index < -0.39 is 0 Å². The lowest BCUT2D eigenvalue weighted by Gasteiger charge is -2.10. The van der Waals surface area contributed by atoms with Gasteiger partial charge in [-0.15, -0.1) is 0 Å². The Labute approximate surface area is 216 Å². The van der Waals surface area contributed by atoms with Crippen molar-refractivity contribution in [3.8, 4) is 22.6 Å². The summed E-state index contributed by atoms with van der Waals surface area (Å²) >= 11 is 0. The first-order chi connectivity index (χ1) is 18.2. The summed E-state index contributed by atoms with van der Waals surface area (Å²) in [6, 6.07) is 39.6. The van der Waals surface area contributed by atoms with Crippen LogP contribution in [0.4, 0.5) is 0 Å². The van der Waals surface area contributed by atoms with Gasteiger partial charge in [0.2, 0.25) is 0 Å². The van der Waals surface area contributed by atoms with Crippen LogP contribution in [0.15, 0.2) is 126 Å². The van der Waals surface area contributed by atoms with Crippen LogP contribution in [0, 0.1) is 10.8 Å². The highest BCUT2D eigenvalue weighted by molar-refractivity contribution is 5.98. The van der Waals surface area contributed by atoms with Crippen molar-refractivity contribution in [2.45, 2.75) is 13.1 Å². The molecule has 0 bridgehead atoms. The summed E-state index contributed by atoms with van der Waals surface area (Å²) in [5.74, 6) is 2.20. The molecule has 4 N–H and O–H groups in total. The summed E-state index contributed by atoms with van der Waals surface area (Å²) in [4.78, 5) is 0. The molecule has 37 heavy (non-hydrogen) atoms. The zero-order chi connectivity index (χ0) is 25.5. The van der Waals surface area contributed by atoms with Gasteiger partial charge in [0, 0.05) is 35.3 Å². The van der Waals surface area contributed by atoms with Gasteiger partial charge in [0.05, 0.1) is 0 Å².